The summed E-state index contributed by atoms with van der Waals surface area (Å²) in [6.07, 6.45) is 0. The Balaban J connectivity index is 1.68. The molecule has 3 aromatic rings. The second-order valence-corrected chi connectivity index (χ2v) is 7.10. The minimum absolute atomic E-state index is 0.167. The number of rotatable bonds is 8. The predicted molar refractivity (Wildman–Crippen MR) is 115 cm³/mol. The molecule has 0 radical (unpaired) electrons. The number of nitrogens with one attached hydrogen (secondary N) is 1. The lowest BCUT2D eigenvalue weighted by atomic mass is 10.1. The van der Waals surface area contributed by atoms with Gasteiger partial charge in [0.05, 0.1) is 23.4 Å². The van der Waals surface area contributed by atoms with E-state index in [2.05, 4.69) is 5.32 Å². The van der Waals surface area contributed by atoms with Crippen LogP contribution in [0.2, 0.25) is 10.0 Å². The molecule has 0 saturated carbocycles. The molecule has 0 fully saturated rings. The van der Waals surface area contributed by atoms with Crippen LogP contribution in [0, 0.1) is 0 Å². The fourth-order valence-corrected chi connectivity index (χ4v) is 2.98. The number of halogens is 2. The van der Waals surface area contributed by atoms with Crippen molar-refractivity contribution >= 4 is 34.9 Å². The van der Waals surface area contributed by atoms with Gasteiger partial charge >= 0.3 is 5.97 Å². The summed E-state index contributed by atoms with van der Waals surface area (Å²) in [4.78, 5) is 11.1. The molecule has 29 heavy (non-hydrogen) atoms. The summed E-state index contributed by atoms with van der Waals surface area (Å²) in [6.45, 7) is 0.833. The van der Waals surface area contributed by atoms with Crippen LogP contribution in [0.3, 0.4) is 0 Å². The lowest BCUT2D eigenvalue weighted by Crippen LogP contribution is -2.04. The van der Waals surface area contributed by atoms with Gasteiger partial charge in [0.1, 0.15) is 6.61 Å². The summed E-state index contributed by atoms with van der Waals surface area (Å²) < 4.78 is 11.3. The van der Waals surface area contributed by atoms with Crippen LogP contribution in [0.5, 0.6) is 11.5 Å². The van der Waals surface area contributed by atoms with Gasteiger partial charge in [-0.05, 0) is 53.6 Å². The van der Waals surface area contributed by atoms with Crippen LogP contribution in [0.15, 0.2) is 60.7 Å². The Kier molecular flexibility index (Phi) is 6.86. The van der Waals surface area contributed by atoms with E-state index in [9.17, 15) is 4.79 Å². The average molecular weight is 432 g/mol. The lowest BCUT2D eigenvalue weighted by Gasteiger charge is -2.14. The second-order valence-electron chi connectivity index (χ2n) is 6.25. The topological polar surface area (TPSA) is 67.8 Å². The van der Waals surface area contributed by atoms with Crippen molar-refractivity contribution in [3.05, 3.63) is 87.4 Å². The Morgan fingerprint density at radius 2 is 1.69 bits per heavy atom. The van der Waals surface area contributed by atoms with Crippen LogP contribution in [-0.2, 0) is 13.2 Å². The summed E-state index contributed by atoms with van der Waals surface area (Å²) >= 11 is 12.0. The monoisotopic (exact) mass is 431 g/mol. The molecular formula is C22H19Cl2NO4. The van der Waals surface area contributed by atoms with E-state index < -0.39 is 5.97 Å². The van der Waals surface area contributed by atoms with E-state index in [-0.39, 0.29) is 5.56 Å². The fraction of sp³-hybridized carbons (Fsp3) is 0.136. The molecule has 3 rings (SSSR count). The molecule has 0 aliphatic heterocycles. The summed E-state index contributed by atoms with van der Waals surface area (Å²) in [5, 5.41) is 13.4. The molecule has 150 valence electrons. The Labute approximate surface area is 178 Å². The third kappa shape index (κ3) is 5.56. The van der Waals surface area contributed by atoms with Crippen molar-refractivity contribution in [1.29, 1.82) is 0 Å². The van der Waals surface area contributed by atoms with E-state index in [0.717, 1.165) is 11.1 Å². The molecule has 2 N–H and O–H groups in total. The Morgan fingerprint density at radius 3 is 2.38 bits per heavy atom. The van der Waals surface area contributed by atoms with Gasteiger partial charge in [-0.1, -0.05) is 41.4 Å². The summed E-state index contributed by atoms with van der Waals surface area (Å²) in [7, 11) is 1.58. The standard InChI is InChI=1S/C22H19Cl2NO4/c1-28-21-10-15(12-25-19-11-16(22(26)27)5-8-18(19)24)4-9-20(21)29-13-14-2-6-17(23)7-3-14/h2-11,25H,12-13H2,1H3,(H,26,27). The summed E-state index contributed by atoms with van der Waals surface area (Å²) in [6, 6.07) is 17.6. The normalized spacial score (nSPS) is 10.4. The van der Waals surface area contributed by atoms with E-state index >= 15 is 0 Å². The number of carboxylic acid groups (broad SMARTS) is 1. The van der Waals surface area contributed by atoms with Crippen LogP contribution < -0.4 is 14.8 Å². The summed E-state index contributed by atoms with van der Waals surface area (Å²) in [5.74, 6) is 0.217. The largest absolute Gasteiger partial charge is 0.493 e. The van der Waals surface area contributed by atoms with E-state index in [1.807, 2.05) is 42.5 Å². The van der Waals surface area contributed by atoms with Crippen LogP contribution in [-0.4, -0.2) is 18.2 Å². The molecule has 0 aromatic heterocycles. The number of benzene rings is 3. The fourth-order valence-electron chi connectivity index (χ4n) is 2.67. The maximum absolute atomic E-state index is 11.1. The van der Waals surface area contributed by atoms with Crippen LogP contribution in [0.25, 0.3) is 0 Å². The number of hydrogen-bond donors (Lipinski definition) is 2. The molecule has 0 spiro atoms. The number of methoxy groups -OCH3 is 1. The number of anilines is 1. The zero-order valence-electron chi connectivity index (χ0n) is 15.6. The first-order valence-electron chi connectivity index (χ1n) is 8.77. The number of hydrogen-bond acceptors (Lipinski definition) is 4. The number of aromatic carboxylic acids is 1. The zero-order chi connectivity index (χ0) is 20.8. The van der Waals surface area contributed by atoms with Crippen LogP contribution >= 0.6 is 23.2 Å². The van der Waals surface area contributed by atoms with Crippen molar-refractivity contribution in [1.82, 2.24) is 0 Å². The molecule has 0 unspecified atom stereocenters. The highest BCUT2D eigenvalue weighted by atomic mass is 35.5. The maximum Gasteiger partial charge on any atom is 0.335 e. The van der Waals surface area contributed by atoms with Gasteiger partial charge in [-0.15, -0.1) is 0 Å². The first-order valence-corrected chi connectivity index (χ1v) is 9.52. The van der Waals surface area contributed by atoms with Crippen molar-refractivity contribution in [3.63, 3.8) is 0 Å². The van der Waals surface area contributed by atoms with Gasteiger partial charge in [-0.25, -0.2) is 4.79 Å². The molecule has 0 aliphatic carbocycles. The van der Waals surface area contributed by atoms with Gasteiger partial charge in [0.15, 0.2) is 11.5 Å². The SMILES string of the molecule is COc1cc(CNc2cc(C(=O)O)ccc2Cl)ccc1OCc1ccc(Cl)cc1. The number of carboxylic acids is 1. The quantitative estimate of drug-likeness (QED) is 0.465. The summed E-state index contributed by atoms with van der Waals surface area (Å²) in [5.41, 5.74) is 2.64. The second kappa shape index (κ2) is 9.54. The molecule has 0 bridgehead atoms. The van der Waals surface area contributed by atoms with E-state index in [4.69, 9.17) is 37.8 Å². The zero-order valence-corrected chi connectivity index (χ0v) is 17.1. The molecular weight excluding hydrogens is 413 g/mol. The minimum atomic E-state index is -1.01. The molecule has 7 heteroatoms. The molecule has 0 atom stereocenters. The smallest absolute Gasteiger partial charge is 0.335 e. The third-order valence-electron chi connectivity index (χ3n) is 4.23. The van der Waals surface area contributed by atoms with Crippen molar-refractivity contribution in [2.45, 2.75) is 13.2 Å². The van der Waals surface area contributed by atoms with Gasteiger partial charge in [0.25, 0.3) is 0 Å². The molecule has 0 saturated heterocycles. The Morgan fingerprint density at radius 1 is 0.966 bits per heavy atom. The van der Waals surface area contributed by atoms with Crippen LogP contribution in [0.1, 0.15) is 21.5 Å². The van der Waals surface area contributed by atoms with Crippen molar-refractivity contribution in [3.8, 4) is 11.5 Å². The van der Waals surface area contributed by atoms with E-state index in [1.54, 1.807) is 13.2 Å². The predicted octanol–water partition coefficient (Wildman–Crippen LogP) is 5.89. The van der Waals surface area contributed by atoms with Gasteiger partial charge in [-0.2, -0.15) is 0 Å². The molecule has 3 aromatic carbocycles. The Hall–Kier alpha value is -2.89. The molecule has 5 nitrogen and oxygen atoms in total. The third-order valence-corrected chi connectivity index (χ3v) is 4.81. The van der Waals surface area contributed by atoms with Gasteiger partial charge < -0.3 is 19.9 Å². The van der Waals surface area contributed by atoms with Crippen LogP contribution in [0.4, 0.5) is 5.69 Å². The highest BCUT2D eigenvalue weighted by molar-refractivity contribution is 6.33. The van der Waals surface area contributed by atoms with Gasteiger partial charge in [0, 0.05) is 11.6 Å². The lowest BCUT2D eigenvalue weighted by molar-refractivity contribution is 0.0697. The van der Waals surface area contributed by atoms with Crippen molar-refractivity contribution in [2.75, 3.05) is 12.4 Å². The average Bonchev–Trinajstić information content (AvgIpc) is 2.72. The molecule has 0 amide bonds. The Bertz CT molecular complexity index is 1010. The number of carbonyl (C=O) groups is 1. The minimum Gasteiger partial charge on any atom is -0.493 e. The first-order chi connectivity index (χ1) is 14.0. The van der Waals surface area contributed by atoms with Gasteiger partial charge in [0.2, 0.25) is 0 Å². The maximum atomic E-state index is 11.1. The van der Waals surface area contributed by atoms with E-state index in [0.29, 0.717) is 40.4 Å². The van der Waals surface area contributed by atoms with Crippen molar-refractivity contribution < 1.29 is 19.4 Å². The highest BCUT2D eigenvalue weighted by Gasteiger charge is 2.09. The van der Waals surface area contributed by atoms with Gasteiger partial charge in [-0.3, -0.25) is 0 Å². The van der Waals surface area contributed by atoms with E-state index in [1.165, 1.54) is 12.1 Å². The van der Waals surface area contributed by atoms with Crippen molar-refractivity contribution in [2.24, 2.45) is 0 Å². The molecule has 0 aliphatic rings. The number of ether oxygens (including phenoxy) is 2. The first kappa shape index (κ1) is 20.8. The highest BCUT2D eigenvalue weighted by Crippen LogP contribution is 2.30. The molecule has 0 heterocycles.